The monoisotopic (exact) mass is 272 g/mol. The van der Waals surface area contributed by atoms with E-state index in [2.05, 4.69) is 20.9 Å². The number of likely N-dealkylation sites (N-methyl/N-ethyl adjacent to an activating group) is 1. The zero-order valence-electron chi connectivity index (χ0n) is 11.9. The Labute approximate surface area is 119 Å². The largest absolute Gasteiger partial charge is 0.497 e. The van der Waals surface area contributed by atoms with E-state index >= 15 is 0 Å². The second-order valence-corrected chi connectivity index (χ2v) is 4.65. The maximum absolute atomic E-state index is 5.89. The predicted octanol–water partition coefficient (Wildman–Crippen LogP) is 1.62. The number of rotatable bonds is 6. The molecule has 0 aliphatic heterocycles. The van der Waals surface area contributed by atoms with Crippen molar-refractivity contribution < 1.29 is 4.74 Å². The lowest BCUT2D eigenvalue weighted by Crippen LogP contribution is -2.30. The third kappa shape index (κ3) is 3.53. The van der Waals surface area contributed by atoms with Gasteiger partial charge < -0.3 is 10.5 Å². The first kappa shape index (κ1) is 14.4. The summed E-state index contributed by atoms with van der Waals surface area (Å²) in [5, 5.41) is 0. The standard InChI is InChI=1S/C15H20N4O/c1-19(10-12-4-3-5-13(8-12)20-2)15(9-16)14-6-7-17-11-18-14/h3-8,11,15H,9-10,16H2,1-2H3. The molecule has 1 aromatic carbocycles. The number of hydrogen-bond donors (Lipinski definition) is 1. The molecule has 0 amide bonds. The van der Waals surface area contributed by atoms with E-state index in [0.29, 0.717) is 6.54 Å². The van der Waals surface area contributed by atoms with Gasteiger partial charge in [0.1, 0.15) is 12.1 Å². The summed E-state index contributed by atoms with van der Waals surface area (Å²) in [7, 11) is 3.71. The van der Waals surface area contributed by atoms with Crippen LogP contribution >= 0.6 is 0 Å². The molecular weight excluding hydrogens is 252 g/mol. The van der Waals surface area contributed by atoms with E-state index in [1.54, 1.807) is 19.6 Å². The Morgan fingerprint density at radius 3 is 2.85 bits per heavy atom. The number of aromatic nitrogens is 2. The van der Waals surface area contributed by atoms with Gasteiger partial charge in [-0.25, -0.2) is 9.97 Å². The van der Waals surface area contributed by atoms with Crippen molar-refractivity contribution in [1.29, 1.82) is 0 Å². The minimum absolute atomic E-state index is 0.0733. The van der Waals surface area contributed by atoms with Gasteiger partial charge in [0.05, 0.1) is 18.8 Å². The third-order valence-corrected chi connectivity index (χ3v) is 3.27. The highest BCUT2D eigenvalue weighted by Gasteiger charge is 2.16. The minimum Gasteiger partial charge on any atom is -0.497 e. The fourth-order valence-electron chi connectivity index (χ4n) is 2.19. The first-order valence-electron chi connectivity index (χ1n) is 6.53. The zero-order valence-corrected chi connectivity index (χ0v) is 11.9. The van der Waals surface area contributed by atoms with Gasteiger partial charge >= 0.3 is 0 Å². The lowest BCUT2D eigenvalue weighted by atomic mass is 10.1. The zero-order chi connectivity index (χ0) is 14.4. The molecule has 0 bridgehead atoms. The van der Waals surface area contributed by atoms with Gasteiger partial charge in [0.15, 0.2) is 0 Å². The molecule has 0 saturated heterocycles. The number of ether oxygens (including phenoxy) is 1. The summed E-state index contributed by atoms with van der Waals surface area (Å²) in [6.45, 7) is 1.29. The van der Waals surface area contributed by atoms with E-state index in [4.69, 9.17) is 10.5 Å². The van der Waals surface area contributed by atoms with Crippen molar-refractivity contribution in [2.24, 2.45) is 5.73 Å². The van der Waals surface area contributed by atoms with Crippen LogP contribution in [0.2, 0.25) is 0 Å². The van der Waals surface area contributed by atoms with Gasteiger partial charge in [0, 0.05) is 19.3 Å². The third-order valence-electron chi connectivity index (χ3n) is 3.27. The van der Waals surface area contributed by atoms with Crippen LogP contribution in [0.5, 0.6) is 5.75 Å². The Kier molecular flexibility index (Phi) is 5.03. The van der Waals surface area contributed by atoms with Crippen LogP contribution in [0.4, 0.5) is 0 Å². The van der Waals surface area contributed by atoms with E-state index < -0.39 is 0 Å². The molecule has 1 heterocycles. The molecule has 1 aromatic heterocycles. The van der Waals surface area contributed by atoms with Gasteiger partial charge in [-0.1, -0.05) is 12.1 Å². The first-order chi connectivity index (χ1) is 9.74. The van der Waals surface area contributed by atoms with Crippen LogP contribution in [0, 0.1) is 0 Å². The van der Waals surface area contributed by atoms with E-state index in [1.807, 2.05) is 31.3 Å². The predicted molar refractivity (Wildman–Crippen MR) is 78.3 cm³/mol. The Morgan fingerprint density at radius 1 is 1.35 bits per heavy atom. The second-order valence-electron chi connectivity index (χ2n) is 4.65. The van der Waals surface area contributed by atoms with Gasteiger partial charge in [-0.15, -0.1) is 0 Å². The van der Waals surface area contributed by atoms with Crippen molar-refractivity contribution in [3.05, 3.63) is 54.1 Å². The molecule has 0 spiro atoms. The van der Waals surface area contributed by atoms with Gasteiger partial charge in [0.25, 0.3) is 0 Å². The van der Waals surface area contributed by atoms with Crippen molar-refractivity contribution in [3.63, 3.8) is 0 Å². The molecule has 0 fully saturated rings. The second kappa shape index (κ2) is 6.98. The molecule has 1 atom stereocenters. The average Bonchev–Trinajstić information content (AvgIpc) is 2.49. The molecule has 5 nitrogen and oxygen atoms in total. The van der Waals surface area contributed by atoms with E-state index in [-0.39, 0.29) is 6.04 Å². The van der Waals surface area contributed by atoms with Crippen LogP contribution in [0.1, 0.15) is 17.3 Å². The van der Waals surface area contributed by atoms with Crippen molar-refractivity contribution in [3.8, 4) is 5.75 Å². The normalized spacial score (nSPS) is 12.4. The fraction of sp³-hybridized carbons (Fsp3) is 0.333. The average molecular weight is 272 g/mol. The minimum atomic E-state index is 0.0733. The van der Waals surface area contributed by atoms with E-state index in [1.165, 1.54) is 5.56 Å². The van der Waals surface area contributed by atoms with Crippen molar-refractivity contribution in [1.82, 2.24) is 14.9 Å². The summed E-state index contributed by atoms with van der Waals surface area (Å²) < 4.78 is 5.24. The van der Waals surface area contributed by atoms with Gasteiger partial charge in [-0.05, 0) is 30.8 Å². The molecule has 106 valence electrons. The Balaban J connectivity index is 2.11. The maximum atomic E-state index is 5.89. The smallest absolute Gasteiger partial charge is 0.119 e. The molecule has 2 rings (SSSR count). The lowest BCUT2D eigenvalue weighted by Gasteiger charge is -2.26. The van der Waals surface area contributed by atoms with Crippen molar-refractivity contribution in [2.75, 3.05) is 20.7 Å². The van der Waals surface area contributed by atoms with Crippen LogP contribution in [0.25, 0.3) is 0 Å². The van der Waals surface area contributed by atoms with E-state index in [0.717, 1.165) is 18.0 Å². The number of benzene rings is 1. The molecule has 20 heavy (non-hydrogen) atoms. The molecule has 0 aliphatic carbocycles. The summed E-state index contributed by atoms with van der Waals surface area (Å²) in [6, 6.07) is 10.0. The van der Waals surface area contributed by atoms with Gasteiger partial charge in [-0.3, -0.25) is 4.90 Å². The fourth-order valence-corrected chi connectivity index (χ4v) is 2.19. The van der Waals surface area contributed by atoms with Crippen LogP contribution in [0.15, 0.2) is 42.9 Å². The number of methoxy groups -OCH3 is 1. The molecule has 1 unspecified atom stereocenters. The van der Waals surface area contributed by atoms with Crippen LogP contribution in [-0.2, 0) is 6.54 Å². The lowest BCUT2D eigenvalue weighted by molar-refractivity contribution is 0.237. The molecular formula is C15H20N4O. The Morgan fingerprint density at radius 2 is 2.20 bits per heavy atom. The number of nitrogens with zero attached hydrogens (tertiary/aromatic N) is 3. The van der Waals surface area contributed by atoms with Crippen LogP contribution in [-0.4, -0.2) is 35.6 Å². The molecule has 0 radical (unpaired) electrons. The van der Waals surface area contributed by atoms with Crippen molar-refractivity contribution >= 4 is 0 Å². The highest BCUT2D eigenvalue weighted by Crippen LogP contribution is 2.20. The van der Waals surface area contributed by atoms with Gasteiger partial charge in [0.2, 0.25) is 0 Å². The highest BCUT2D eigenvalue weighted by molar-refractivity contribution is 5.28. The Hall–Kier alpha value is -1.98. The van der Waals surface area contributed by atoms with Gasteiger partial charge in [-0.2, -0.15) is 0 Å². The number of nitrogens with two attached hydrogens (primary N) is 1. The Bertz CT molecular complexity index is 532. The summed E-state index contributed by atoms with van der Waals surface area (Å²) in [5.74, 6) is 0.863. The SMILES string of the molecule is COc1cccc(CN(C)C(CN)c2ccncn2)c1. The summed E-state index contributed by atoms with van der Waals surface area (Å²) >= 11 is 0. The molecule has 2 N–H and O–H groups in total. The summed E-state index contributed by atoms with van der Waals surface area (Å²) in [5.41, 5.74) is 8.01. The van der Waals surface area contributed by atoms with Crippen LogP contribution in [0.3, 0.4) is 0 Å². The van der Waals surface area contributed by atoms with Crippen LogP contribution < -0.4 is 10.5 Å². The molecule has 2 aromatic rings. The van der Waals surface area contributed by atoms with Crippen molar-refractivity contribution in [2.45, 2.75) is 12.6 Å². The number of hydrogen-bond acceptors (Lipinski definition) is 5. The highest BCUT2D eigenvalue weighted by atomic mass is 16.5. The first-order valence-corrected chi connectivity index (χ1v) is 6.53. The molecule has 0 aliphatic rings. The summed E-state index contributed by atoms with van der Waals surface area (Å²) in [4.78, 5) is 10.4. The summed E-state index contributed by atoms with van der Waals surface area (Å²) in [6.07, 6.45) is 3.29. The quantitative estimate of drug-likeness (QED) is 0.865. The molecule has 5 heteroatoms. The van der Waals surface area contributed by atoms with E-state index in [9.17, 15) is 0 Å². The maximum Gasteiger partial charge on any atom is 0.119 e. The topological polar surface area (TPSA) is 64.3 Å². The molecule has 0 saturated carbocycles.